The van der Waals surface area contributed by atoms with Crippen molar-refractivity contribution in [1.82, 2.24) is 9.13 Å². The topological polar surface area (TPSA) is 47.7 Å². The van der Waals surface area contributed by atoms with Gasteiger partial charge >= 0.3 is 0 Å². The SMILES string of the molecule is CC1CCC(n2c3ccccc3c3ccccc32)=NC(c2ccccc2)=NC1c1cc(-n2c3ccccc3c3cc4ccccc4cc32)c2c(c1)oc1ccccc12. The number of rotatable bonds is 3. The second-order valence-corrected chi connectivity index (χ2v) is 15.8. The molecular formula is C53H38N4O. The molecule has 3 aromatic heterocycles. The van der Waals surface area contributed by atoms with E-state index in [1.165, 1.54) is 48.9 Å². The highest BCUT2D eigenvalue weighted by atomic mass is 16.3. The Morgan fingerprint density at radius 2 is 1.10 bits per heavy atom. The second-order valence-electron chi connectivity index (χ2n) is 15.8. The molecule has 12 rings (SSSR count). The largest absolute Gasteiger partial charge is 0.456 e. The van der Waals surface area contributed by atoms with Crippen LogP contribution in [0.2, 0.25) is 0 Å². The molecule has 1 aliphatic rings. The van der Waals surface area contributed by atoms with Gasteiger partial charge in [-0.15, -0.1) is 0 Å². The number of amidine groups is 1. The van der Waals surface area contributed by atoms with Gasteiger partial charge < -0.3 is 8.98 Å². The third kappa shape index (κ3) is 5.03. The average Bonchev–Trinajstić information content (AvgIpc) is 3.92. The van der Waals surface area contributed by atoms with Gasteiger partial charge in [0.25, 0.3) is 0 Å². The third-order valence-electron chi connectivity index (χ3n) is 12.3. The molecule has 0 saturated carbocycles. The quantitative estimate of drug-likeness (QED) is 0.178. The van der Waals surface area contributed by atoms with Crippen LogP contribution in [-0.2, 0) is 0 Å². The summed E-state index contributed by atoms with van der Waals surface area (Å²) in [7, 11) is 0. The van der Waals surface area contributed by atoms with Gasteiger partial charge in [0.15, 0.2) is 5.84 Å². The normalized spacial score (nSPS) is 16.4. The Morgan fingerprint density at radius 1 is 0.517 bits per heavy atom. The van der Waals surface area contributed by atoms with E-state index in [2.05, 4.69) is 192 Å². The zero-order chi connectivity index (χ0) is 38.3. The van der Waals surface area contributed by atoms with E-state index in [1.807, 2.05) is 0 Å². The molecule has 2 unspecified atom stereocenters. The molecule has 4 heterocycles. The summed E-state index contributed by atoms with van der Waals surface area (Å²) < 4.78 is 11.6. The average molecular weight is 747 g/mol. The van der Waals surface area contributed by atoms with Gasteiger partial charge in [0.2, 0.25) is 0 Å². The molecule has 0 N–H and O–H groups in total. The van der Waals surface area contributed by atoms with Gasteiger partial charge in [-0.05, 0) is 77.2 Å². The van der Waals surface area contributed by atoms with E-state index in [1.54, 1.807) is 0 Å². The number of aromatic nitrogens is 2. The predicted octanol–water partition coefficient (Wildman–Crippen LogP) is 13.8. The van der Waals surface area contributed by atoms with Gasteiger partial charge in [-0.1, -0.05) is 134 Å². The fourth-order valence-electron chi connectivity index (χ4n) is 9.59. The van der Waals surface area contributed by atoms with Crippen molar-refractivity contribution in [2.75, 3.05) is 0 Å². The number of benzene rings is 8. The highest BCUT2D eigenvalue weighted by molar-refractivity contribution is 6.18. The molecular weight excluding hydrogens is 709 g/mol. The van der Waals surface area contributed by atoms with Crippen molar-refractivity contribution in [3.05, 3.63) is 187 Å². The van der Waals surface area contributed by atoms with E-state index in [-0.39, 0.29) is 12.0 Å². The molecule has 5 nitrogen and oxygen atoms in total. The Balaban J connectivity index is 1.13. The molecule has 58 heavy (non-hydrogen) atoms. The first-order chi connectivity index (χ1) is 28.7. The zero-order valence-electron chi connectivity index (χ0n) is 32.0. The van der Waals surface area contributed by atoms with Crippen molar-refractivity contribution in [2.24, 2.45) is 15.9 Å². The molecule has 0 saturated heterocycles. The molecule has 0 aliphatic carbocycles. The van der Waals surface area contributed by atoms with E-state index in [0.29, 0.717) is 0 Å². The van der Waals surface area contributed by atoms with Crippen molar-refractivity contribution in [3.63, 3.8) is 0 Å². The maximum absolute atomic E-state index is 6.77. The number of para-hydroxylation sites is 4. The van der Waals surface area contributed by atoms with Gasteiger partial charge in [-0.3, -0.25) is 9.56 Å². The van der Waals surface area contributed by atoms with Crippen LogP contribution in [0.25, 0.3) is 82.0 Å². The highest BCUT2D eigenvalue weighted by Gasteiger charge is 2.28. The molecule has 11 aromatic rings. The lowest BCUT2D eigenvalue weighted by atomic mass is 9.89. The standard InChI is InChI=1S/C53H38N4O/c1-33-27-28-50(57-44-24-12-7-19-38(44)39-20-8-13-25-45(39)57)54-53(34-15-3-2-4-16-34)55-52(33)37-31-47(51-41-22-10-14-26-48(41)58-49(51)32-37)56-43-23-11-9-21-40(43)42-29-35-17-5-6-18-36(35)30-46(42)56/h2-26,29-33,52H,27-28H2,1H3. The molecule has 8 aromatic carbocycles. The van der Waals surface area contributed by atoms with Crippen LogP contribution in [0, 0.1) is 5.92 Å². The minimum atomic E-state index is -0.177. The molecule has 5 heteroatoms. The van der Waals surface area contributed by atoms with Crippen LogP contribution in [-0.4, -0.2) is 20.8 Å². The van der Waals surface area contributed by atoms with Crippen LogP contribution in [0.15, 0.2) is 190 Å². The van der Waals surface area contributed by atoms with E-state index in [9.17, 15) is 0 Å². The summed E-state index contributed by atoms with van der Waals surface area (Å²) in [5.74, 6) is 1.94. The molecule has 0 bridgehead atoms. The maximum Gasteiger partial charge on any atom is 0.157 e. The van der Waals surface area contributed by atoms with Crippen LogP contribution < -0.4 is 0 Å². The minimum absolute atomic E-state index is 0.177. The Kier molecular flexibility index (Phi) is 7.33. The second kappa shape index (κ2) is 12.9. The van der Waals surface area contributed by atoms with Gasteiger partial charge in [-0.2, -0.15) is 0 Å². The van der Waals surface area contributed by atoms with Gasteiger partial charge in [0.05, 0.1) is 39.2 Å². The first-order valence-electron chi connectivity index (χ1n) is 20.2. The molecule has 0 fully saturated rings. The molecule has 1 aliphatic heterocycles. The Hall–Kier alpha value is -7.24. The first-order valence-corrected chi connectivity index (χ1v) is 20.2. The maximum atomic E-state index is 6.77. The Labute approximate surface area is 334 Å². The lowest BCUT2D eigenvalue weighted by Gasteiger charge is -2.26. The van der Waals surface area contributed by atoms with E-state index in [4.69, 9.17) is 14.4 Å². The summed E-state index contributed by atoms with van der Waals surface area (Å²) >= 11 is 0. The summed E-state index contributed by atoms with van der Waals surface area (Å²) in [5, 5.41) is 9.58. The van der Waals surface area contributed by atoms with Gasteiger partial charge in [-0.25, -0.2) is 4.99 Å². The predicted molar refractivity (Wildman–Crippen MR) is 242 cm³/mol. The highest BCUT2D eigenvalue weighted by Crippen LogP contribution is 2.43. The van der Waals surface area contributed by atoms with Crippen LogP contribution in [0.1, 0.15) is 36.9 Å². The summed E-state index contributed by atoms with van der Waals surface area (Å²) in [5.41, 5.74) is 9.61. The van der Waals surface area contributed by atoms with Crippen LogP contribution in [0.4, 0.5) is 0 Å². The number of furan rings is 1. The Bertz CT molecular complexity index is 3440. The number of hydrogen-bond acceptors (Lipinski definition) is 3. The van der Waals surface area contributed by atoms with Gasteiger partial charge in [0, 0.05) is 38.9 Å². The molecule has 0 radical (unpaired) electrons. The summed E-state index contributed by atoms with van der Waals surface area (Å²) in [6, 6.07) is 62.8. The number of fused-ring (bicyclic) bond motifs is 10. The molecule has 2 atom stereocenters. The third-order valence-corrected chi connectivity index (χ3v) is 12.3. The van der Waals surface area contributed by atoms with Crippen LogP contribution >= 0.6 is 0 Å². The fourth-order valence-corrected chi connectivity index (χ4v) is 9.59. The van der Waals surface area contributed by atoms with Crippen molar-refractivity contribution < 1.29 is 4.42 Å². The van der Waals surface area contributed by atoms with E-state index >= 15 is 0 Å². The first kappa shape index (κ1) is 33.0. The molecule has 0 amide bonds. The van der Waals surface area contributed by atoms with E-state index in [0.717, 1.165) is 68.8 Å². The minimum Gasteiger partial charge on any atom is -0.456 e. The smallest absolute Gasteiger partial charge is 0.157 e. The summed E-state index contributed by atoms with van der Waals surface area (Å²) in [4.78, 5) is 11.2. The fraction of sp³-hybridized carbons (Fsp3) is 0.0943. The van der Waals surface area contributed by atoms with Crippen LogP contribution in [0.3, 0.4) is 0 Å². The lowest BCUT2D eigenvalue weighted by molar-refractivity contribution is 0.445. The van der Waals surface area contributed by atoms with Gasteiger partial charge in [0.1, 0.15) is 17.0 Å². The summed E-state index contributed by atoms with van der Waals surface area (Å²) in [6.45, 7) is 2.35. The van der Waals surface area contributed by atoms with Crippen molar-refractivity contribution in [3.8, 4) is 5.69 Å². The van der Waals surface area contributed by atoms with Crippen molar-refractivity contribution in [1.29, 1.82) is 0 Å². The number of nitrogens with zero attached hydrogens (tertiary/aromatic N) is 4. The molecule has 276 valence electrons. The monoisotopic (exact) mass is 746 g/mol. The van der Waals surface area contributed by atoms with E-state index < -0.39 is 0 Å². The Morgan fingerprint density at radius 3 is 1.83 bits per heavy atom. The van der Waals surface area contributed by atoms with Crippen LogP contribution in [0.5, 0.6) is 0 Å². The molecule has 0 spiro atoms. The lowest BCUT2D eigenvalue weighted by Crippen LogP contribution is -2.21. The van der Waals surface area contributed by atoms with Crippen molar-refractivity contribution >= 4 is 88.0 Å². The number of aliphatic imine (C=N–C) groups is 2. The van der Waals surface area contributed by atoms with Crippen molar-refractivity contribution in [2.45, 2.75) is 25.8 Å². The number of hydrogen-bond donors (Lipinski definition) is 0. The summed E-state index contributed by atoms with van der Waals surface area (Å²) in [6.07, 6.45) is 1.71. The zero-order valence-corrected chi connectivity index (χ0v) is 32.0.